The molecule has 0 bridgehead atoms. The highest BCUT2D eigenvalue weighted by Crippen LogP contribution is 2.38. The fourth-order valence-electron chi connectivity index (χ4n) is 5.19. The number of aromatic nitrogens is 4. The van der Waals surface area contributed by atoms with E-state index < -0.39 is 0 Å². The number of fused-ring (bicyclic) bond motifs is 3. The first-order chi connectivity index (χ1) is 16.7. The van der Waals surface area contributed by atoms with Crippen LogP contribution in [-0.2, 0) is 6.42 Å². The van der Waals surface area contributed by atoms with Gasteiger partial charge in [-0.2, -0.15) is 0 Å². The van der Waals surface area contributed by atoms with Gasteiger partial charge in [-0.15, -0.1) is 0 Å². The zero-order valence-electron chi connectivity index (χ0n) is 19.8. The zero-order chi connectivity index (χ0) is 23.1. The van der Waals surface area contributed by atoms with Crippen LogP contribution in [0.4, 0.5) is 0 Å². The molecule has 3 N–H and O–H groups in total. The number of imidazole rings is 2. The highest BCUT2D eigenvalue weighted by Gasteiger charge is 2.22. The van der Waals surface area contributed by atoms with Gasteiger partial charge in [-0.1, -0.05) is 43.2 Å². The van der Waals surface area contributed by atoms with E-state index in [2.05, 4.69) is 69.7 Å². The predicted octanol–water partition coefficient (Wildman–Crippen LogP) is 6.01. The molecule has 174 valence electrons. The molecule has 6 heteroatoms. The van der Waals surface area contributed by atoms with Gasteiger partial charge in [0.15, 0.2) is 0 Å². The number of benzene rings is 2. The topological polar surface area (TPSA) is 78.6 Å². The van der Waals surface area contributed by atoms with Crippen molar-refractivity contribution in [3.8, 4) is 39.4 Å². The maximum atomic E-state index is 6.13. The molecule has 0 saturated heterocycles. The minimum absolute atomic E-state index is 0.179. The van der Waals surface area contributed by atoms with Crippen LogP contribution in [0.1, 0.15) is 61.9 Å². The summed E-state index contributed by atoms with van der Waals surface area (Å²) in [6, 6.07) is 15.3. The van der Waals surface area contributed by atoms with Crippen molar-refractivity contribution in [1.29, 1.82) is 0 Å². The highest BCUT2D eigenvalue weighted by molar-refractivity contribution is 5.77. The Morgan fingerprint density at radius 1 is 1.00 bits per heavy atom. The second kappa shape index (κ2) is 8.76. The number of hydrogen-bond acceptors (Lipinski definition) is 4. The third-order valence-electron chi connectivity index (χ3n) is 7.35. The number of nitrogens with zero attached hydrogens (tertiary/aromatic N) is 2. The van der Waals surface area contributed by atoms with E-state index in [0.29, 0.717) is 12.5 Å². The maximum Gasteiger partial charge on any atom is 0.129 e. The van der Waals surface area contributed by atoms with Crippen LogP contribution < -0.4 is 10.1 Å². The number of aromatic amines is 2. The summed E-state index contributed by atoms with van der Waals surface area (Å²) in [7, 11) is 1.95. The van der Waals surface area contributed by atoms with E-state index in [4.69, 9.17) is 9.72 Å². The molecule has 3 heterocycles. The molecule has 4 aromatic rings. The van der Waals surface area contributed by atoms with Gasteiger partial charge < -0.3 is 20.0 Å². The maximum absolute atomic E-state index is 6.13. The van der Waals surface area contributed by atoms with Crippen LogP contribution in [0.2, 0.25) is 0 Å². The summed E-state index contributed by atoms with van der Waals surface area (Å²) in [6.07, 6.45) is 7.94. The molecule has 0 unspecified atom stereocenters. The molecule has 1 saturated carbocycles. The molecule has 6 rings (SSSR count). The fourth-order valence-corrected chi connectivity index (χ4v) is 5.19. The molecule has 0 amide bonds. The Bertz CT molecular complexity index is 1300. The number of H-pyrrole nitrogens is 2. The SMILES string of the molecule is CN[C@@H](C)c1nc2c([nH]1)CCOc1cc(-c3ccc(-c4cnc(C5CCCC5)[nH]4)cc3)ccc1-2. The summed E-state index contributed by atoms with van der Waals surface area (Å²) in [6.45, 7) is 2.75. The normalized spacial score (nSPS) is 16.5. The van der Waals surface area contributed by atoms with Gasteiger partial charge in [0.25, 0.3) is 0 Å². The molecule has 0 spiro atoms. The minimum atomic E-state index is 0.179. The number of rotatable bonds is 5. The first kappa shape index (κ1) is 21.2. The lowest BCUT2D eigenvalue weighted by Crippen LogP contribution is -2.14. The molecular formula is C28H31N5O. The van der Waals surface area contributed by atoms with E-state index in [0.717, 1.165) is 52.0 Å². The Morgan fingerprint density at radius 3 is 2.56 bits per heavy atom. The summed E-state index contributed by atoms with van der Waals surface area (Å²) in [4.78, 5) is 16.6. The standard InChI is InChI=1S/C28H31N5O/c1-17(29-2)27-31-23-13-14-34-25-15-21(11-12-22(25)26(23)33-27)18-7-9-19(10-8-18)24-16-30-28(32-24)20-5-3-4-6-20/h7-12,15-17,20,29H,3-6,13-14H2,1-2H3,(H,30,32)(H,31,33)/t17-/m0/s1. The largest absolute Gasteiger partial charge is 0.492 e. The van der Waals surface area contributed by atoms with E-state index in [1.165, 1.54) is 36.8 Å². The Kier molecular flexibility index (Phi) is 5.46. The lowest BCUT2D eigenvalue weighted by Gasteiger charge is -2.11. The molecule has 1 aliphatic heterocycles. The minimum Gasteiger partial charge on any atom is -0.492 e. The van der Waals surface area contributed by atoms with Gasteiger partial charge in [-0.05, 0) is 55.6 Å². The lowest BCUT2D eigenvalue weighted by molar-refractivity contribution is 0.325. The molecular weight excluding hydrogens is 422 g/mol. The van der Waals surface area contributed by atoms with Crippen molar-refractivity contribution in [3.63, 3.8) is 0 Å². The second-order valence-electron chi connectivity index (χ2n) is 9.51. The van der Waals surface area contributed by atoms with Crippen LogP contribution in [0.5, 0.6) is 5.75 Å². The monoisotopic (exact) mass is 453 g/mol. The molecule has 2 aromatic heterocycles. The van der Waals surface area contributed by atoms with E-state index >= 15 is 0 Å². The fraction of sp³-hybridized carbons (Fsp3) is 0.357. The van der Waals surface area contributed by atoms with Crippen molar-refractivity contribution < 1.29 is 4.74 Å². The highest BCUT2D eigenvalue weighted by atomic mass is 16.5. The molecule has 6 nitrogen and oxygen atoms in total. The zero-order valence-corrected chi connectivity index (χ0v) is 19.8. The molecule has 0 radical (unpaired) electrons. The van der Waals surface area contributed by atoms with E-state index in [1.54, 1.807) is 0 Å². The quantitative estimate of drug-likeness (QED) is 0.346. The predicted molar refractivity (Wildman–Crippen MR) is 135 cm³/mol. The Labute approximate surface area is 200 Å². The van der Waals surface area contributed by atoms with Gasteiger partial charge in [-0.25, -0.2) is 9.97 Å². The van der Waals surface area contributed by atoms with Crippen LogP contribution >= 0.6 is 0 Å². The summed E-state index contributed by atoms with van der Waals surface area (Å²) in [5.41, 5.74) is 7.77. The Hall–Kier alpha value is -3.38. The molecule has 34 heavy (non-hydrogen) atoms. The van der Waals surface area contributed by atoms with Crippen molar-refractivity contribution in [2.45, 2.75) is 51.0 Å². The number of ether oxygens (including phenoxy) is 1. The van der Waals surface area contributed by atoms with Gasteiger partial charge in [0.1, 0.15) is 17.4 Å². The molecule has 1 atom stereocenters. The van der Waals surface area contributed by atoms with E-state index in [1.807, 2.05) is 13.2 Å². The summed E-state index contributed by atoms with van der Waals surface area (Å²) in [5, 5.41) is 3.26. The van der Waals surface area contributed by atoms with Crippen molar-refractivity contribution >= 4 is 0 Å². The van der Waals surface area contributed by atoms with Gasteiger partial charge in [-0.3, -0.25) is 0 Å². The first-order valence-electron chi connectivity index (χ1n) is 12.4. The van der Waals surface area contributed by atoms with Gasteiger partial charge in [0.2, 0.25) is 0 Å². The molecule has 1 fully saturated rings. The van der Waals surface area contributed by atoms with Gasteiger partial charge >= 0.3 is 0 Å². The van der Waals surface area contributed by atoms with Crippen molar-refractivity contribution in [3.05, 3.63) is 66.0 Å². The average molecular weight is 454 g/mol. The molecule has 2 aliphatic rings. The van der Waals surface area contributed by atoms with E-state index in [-0.39, 0.29) is 6.04 Å². The van der Waals surface area contributed by atoms with Crippen molar-refractivity contribution in [1.82, 2.24) is 25.3 Å². The summed E-state index contributed by atoms with van der Waals surface area (Å²) < 4.78 is 6.13. The Balaban J connectivity index is 1.27. The average Bonchev–Trinajstić information content (AvgIpc) is 3.63. The van der Waals surface area contributed by atoms with Crippen LogP contribution in [0.25, 0.3) is 33.6 Å². The van der Waals surface area contributed by atoms with Crippen LogP contribution in [0, 0.1) is 0 Å². The third kappa shape index (κ3) is 3.82. The third-order valence-corrected chi connectivity index (χ3v) is 7.35. The second-order valence-corrected chi connectivity index (χ2v) is 9.51. The lowest BCUT2D eigenvalue weighted by atomic mass is 9.99. The van der Waals surface area contributed by atoms with E-state index in [9.17, 15) is 0 Å². The van der Waals surface area contributed by atoms with Crippen LogP contribution in [0.3, 0.4) is 0 Å². The van der Waals surface area contributed by atoms with Gasteiger partial charge in [0, 0.05) is 23.6 Å². The molecule has 2 aromatic carbocycles. The Morgan fingerprint density at radius 2 is 1.76 bits per heavy atom. The number of nitrogens with one attached hydrogen (secondary N) is 3. The van der Waals surface area contributed by atoms with Crippen molar-refractivity contribution in [2.24, 2.45) is 0 Å². The first-order valence-corrected chi connectivity index (χ1v) is 12.4. The molecule has 1 aliphatic carbocycles. The number of hydrogen-bond donors (Lipinski definition) is 3. The van der Waals surface area contributed by atoms with Crippen LogP contribution in [-0.4, -0.2) is 33.6 Å². The van der Waals surface area contributed by atoms with Crippen LogP contribution in [0.15, 0.2) is 48.7 Å². The smallest absolute Gasteiger partial charge is 0.129 e. The summed E-state index contributed by atoms with van der Waals surface area (Å²) >= 11 is 0. The summed E-state index contributed by atoms with van der Waals surface area (Å²) in [5.74, 6) is 3.60. The van der Waals surface area contributed by atoms with Gasteiger partial charge in [0.05, 0.1) is 30.2 Å². The van der Waals surface area contributed by atoms with Crippen molar-refractivity contribution in [2.75, 3.05) is 13.7 Å².